The second-order valence-electron chi connectivity index (χ2n) is 6.23. The van der Waals surface area contributed by atoms with E-state index in [1.165, 1.54) is 5.56 Å². The summed E-state index contributed by atoms with van der Waals surface area (Å²) in [5.74, 6) is 0.337. The highest BCUT2D eigenvalue weighted by Crippen LogP contribution is 2.20. The lowest BCUT2D eigenvalue weighted by Crippen LogP contribution is -2.27. The summed E-state index contributed by atoms with van der Waals surface area (Å²) >= 11 is 1.58. The van der Waals surface area contributed by atoms with Crippen LogP contribution >= 0.6 is 11.3 Å². The van der Waals surface area contributed by atoms with Gasteiger partial charge in [0.15, 0.2) is 0 Å². The van der Waals surface area contributed by atoms with Crippen LogP contribution in [-0.2, 0) is 11.2 Å². The van der Waals surface area contributed by atoms with Crippen molar-refractivity contribution in [3.63, 3.8) is 0 Å². The zero-order valence-corrected chi connectivity index (χ0v) is 15.1. The monoisotopic (exact) mass is 362 g/mol. The molecule has 2 aromatic carbocycles. The van der Waals surface area contributed by atoms with E-state index in [9.17, 15) is 4.79 Å². The van der Waals surface area contributed by atoms with Gasteiger partial charge in [-0.3, -0.25) is 10.1 Å². The van der Waals surface area contributed by atoms with Crippen LogP contribution in [0.5, 0.6) is 0 Å². The van der Waals surface area contributed by atoms with Crippen LogP contribution in [0.4, 0.5) is 0 Å². The normalized spacial score (nSPS) is 18.3. The summed E-state index contributed by atoms with van der Waals surface area (Å²) in [6.45, 7) is 2.03. The number of thiazole rings is 1. The molecule has 26 heavy (non-hydrogen) atoms. The van der Waals surface area contributed by atoms with Gasteiger partial charge in [0.2, 0.25) is 5.96 Å². The molecule has 4 rings (SSSR count). The zero-order chi connectivity index (χ0) is 17.9. The first-order chi connectivity index (χ1) is 12.7. The van der Waals surface area contributed by atoms with Gasteiger partial charge in [-0.1, -0.05) is 36.4 Å². The smallest absolute Gasteiger partial charge is 0.274 e. The Balaban J connectivity index is 1.49. The number of nitrogens with zero attached hydrogens (tertiary/aromatic N) is 2. The molecule has 1 aliphatic heterocycles. The fourth-order valence-corrected chi connectivity index (χ4v) is 3.63. The van der Waals surface area contributed by atoms with Crippen LogP contribution in [0.3, 0.4) is 0 Å². The van der Waals surface area contributed by atoms with E-state index < -0.39 is 0 Å². The Morgan fingerprint density at radius 2 is 2.04 bits per heavy atom. The number of amides is 1. The van der Waals surface area contributed by atoms with Crippen molar-refractivity contribution >= 4 is 39.5 Å². The number of nitrogens with one attached hydrogen (secondary N) is 2. The number of carbonyl (C=O) groups excluding carboxylic acids is 1. The largest absolute Gasteiger partial charge is 0.321 e. The fraction of sp³-hybridized carbons (Fsp3) is 0.150. The Kier molecular flexibility index (Phi) is 4.50. The molecule has 1 amide bonds. The quantitative estimate of drug-likeness (QED) is 0.700. The number of carbonyl (C=O) groups is 1. The summed E-state index contributed by atoms with van der Waals surface area (Å²) in [4.78, 5) is 21.1. The number of rotatable bonds is 4. The first-order valence-electron chi connectivity index (χ1n) is 8.42. The average molecular weight is 362 g/mol. The molecule has 2 N–H and O–H groups in total. The molecule has 0 saturated carbocycles. The van der Waals surface area contributed by atoms with Gasteiger partial charge in [-0.05, 0) is 42.7 Å². The van der Waals surface area contributed by atoms with Gasteiger partial charge >= 0.3 is 0 Å². The van der Waals surface area contributed by atoms with Gasteiger partial charge in [0.25, 0.3) is 5.91 Å². The average Bonchev–Trinajstić information content (AvgIpc) is 3.22. The van der Waals surface area contributed by atoms with Gasteiger partial charge in [-0.15, -0.1) is 11.3 Å². The van der Waals surface area contributed by atoms with E-state index in [1.54, 1.807) is 11.3 Å². The van der Waals surface area contributed by atoms with Crippen LogP contribution in [0.1, 0.15) is 18.1 Å². The van der Waals surface area contributed by atoms with Gasteiger partial charge in [-0.2, -0.15) is 0 Å². The van der Waals surface area contributed by atoms with Gasteiger partial charge in [0.1, 0.15) is 5.70 Å². The Bertz CT molecular complexity index is 1010. The molecule has 1 saturated heterocycles. The summed E-state index contributed by atoms with van der Waals surface area (Å²) in [5.41, 5.74) is 5.47. The maximum absolute atomic E-state index is 12.2. The minimum Gasteiger partial charge on any atom is -0.321 e. The second kappa shape index (κ2) is 7.09. The molecule has 6 heteroatoms. The van der Waals surface area contributed by atoms with Crippen LogP contribution in [0.2, 0.25) is 0 Å². The van der Waals surface area contributed by atoms with Crippen LogP contribution < -0.4 is 10.6 Å². The van der Waals surface area contributed by atoms with Crippen molar-refractivity contribution in [3.8, 4) is 0 Å². The summed E-state index contributed by atoms with van der Waals surface area (Å²) in [5, 5.41) is 5.88. The Morgan fingerprint density at radius 1 is 1.19 bits per heavy atom. The molecule has 1 fully saturated rings. The molecular weight excluding hydrogens is 344 g/mol. The maximum Gasteiger partial charge on any atom is 0.274 e. The van der Waals surface area contributed by atoms with Crippen molar-refractivity contribution in [1.82, 2.24) is 15.6 Å². The third kappa shape index (κ3) is 3.65. The highest BCUT2D eigenvalue weighted by atomic mass is 32.1. The Labute approximate surface area is 155 Å². The van der Waals surface area contributed by atoms with E-state index in [0.717, 1.165) is 22.2 Å². The summed E-state index contributed by atoms with van der Waals surface area (Å²) in [6.07, 6.45) is 2.65. The highest BCUT2D eigenvalue weighted by Gasteiger charge is 2.22. The minimum absolute atomic E-state index is 0.0630. The van der Waals surface area contributed by atoms with Gasteiger partial charge in [0, 0.05) is 0 Å². The topological polar surface area (TPSA) is 66.4 Å². The van der Waals surface area contributed by atoms with E-state index in [1.807, 2.05) is 54.9 Å². The van der Waals surface area contributed by atoms with Crippen LogP contribution in [0.15, 0.2) is 64.7 Å². The van der Waals surface area contributed by atoms with Gasteiger partial charge in [-0.25, -0.2) is 9.98 Å². The molecule has 0 unspecified atom stereocenters. The van der Waals surface area contributed by atoms with E-state index in [4.69, 9.17) is 0 Å². The number of benzene rings is 2. The first kappa shape index (κ1) is 16.5. The number of fused-ring (bicyclic) bond motifs is 1. The predicted octanol–water partition coefficient (Wildman–Crippen LogP) is 3.34. The van der Waals surface area contributed by atoms with E-state index >= 15 is 0 Å². The van der Waals surface area contributed by atoms with Crippen molar-refractivity contribution in [2.45, 2.75) is 19.4 Å². The summed E-state index contributed by atoms with van der Waals surface area (Å²) in [6, 6.07) is 16.2. The van der Waals surface area contributed by atoms with Crippen molar-refractivity contribution in [2.75, 3.05) is 0 Å². The molecule has 2 heterocycles. The fourth-order valence-electron chi connectivity index (χ4n) is 2.91. The molecule has 1 atom stereocenters. The van der Waals surface area contributed by atoms with Crippen LogP contribution in [-0.4, -0.2) is 22.9 Å². The van der Waals surface area contributed by atoms with Crippen molar-refractivity contribution in [2.24, 2.45) is 4.99 Å². The van der Waals surface area contributed by atoms with Crippen molar-refractivity contribution < 1.29 is 4.79 Å². The Hall–Kier alpha value is -2.99. The zero-order valence-electron chi connectivity index (χ0n) is 14.3. The maximum atomic E-state index is 12.2. The number of aliphatic imine (C=N–C) groups is 1. The lowest BCUT2D eigenvalue weighted by molar-refractivity contribution is -0.115. The van der Waals surface area contributed by atoms with E-state index in [0.29, 0.717) is 11.7 Å². The summed E-state index contributed by atoms with van der Waals surface area (Å²) < 4.78 is 1.10. The molecule has 1 aromatic heterocycles. The summed E-state index contributed by atoms with van der Waals surface area (Å²) in [7, 11) is 0. The van der Waals surface area contributed by atoms with Crippen molar-refractivity contribution in [3.05, 3.63) is 70.9 Å². The SMILES string of the molecule is C[C@H](Cc1ccccc1)N=C1NC(=O)/C(=C/c2ccc3ncsc3c2)N1. The van der Waals surface area contributed by atoms with E-state index in [2.05, 4.69) is 32.7 Å². The molecule has 0 spiro atoms. The lowest BCUT2D eigenvalue weighted by Gasteiger charge is -2.07. The number of guanidine groups is 1. The molecule has 0 aliphatic carbocycles. The third-order valence-electron chi connectivity index (χ3n) is 4.12. The highest BCUT2D eigenvalue weighted by molar-refractivity contribution is 7.16. The molecule has 0 bridgehead atoms. The second-order valence-corrected chi connectivity index (χ2v) is 7.12. The number of hydrogen-bond donors (Lipinski definition) is 2. The van der Waals surface area contributed by atoms with Crippen LogP contribution in [0, 0.1) is 0 Å². The van der Waals surface area contributed by atoms with Crippen LogP contribution in [0.25, 0.3) is 16.3 Å². The molecule has 1 aliphatic rings. The first-order valence-corrected chi connectivity index (χ1v) is 9.30. The lowest BCUT2D eigenvalue weighted by atomic mass is 10.1. The minimum atomic E-state index is -0.167. The van der Waals surface area contributed by atoms with E-state index in [-0.39, 0.29) is 11.9 Å². The predicted molar refractivity (Wildman–Crippen MR) is 106 cm³/mol. The standard InChI is InChI=1S/C20H18N4OS/c1-13(9-14-5-3-2-4-6-14)22-20-23-17(19(25)24-20)10-15-7-8-16-18(11-15)26-12-21-16/h2-8,10-13H,9H2,1H3,(H2,22,23,24,25)/b17-10-/t13-/m1/s1. The molecule has 3 aromatic rings. The molecule has 0 radical (unpaired) electrons. The van der Waals surface area contributed by atoms with Crippen molar-refractivity contribution in [1.29, 1.82) is 0 Å². The molecule has 5 nitrogen and oxygen atoms in total. The van der Waals surface area contributed by atoms with Gasteiger partial charge in [0.05, 0.1) is 21.8 Å². The molecular formula is C20H18N4OS. The third-order valence-corrected chi connectivity index (χ3v) is 4.91. The number of hydrogen-bond acceptors (Lipinski definition) is 4. The van der Waals surface area contributed by atoms with Gasteiger partial charge < -0.3 is 5.32 Å². The Morgan fingerprint density at radius 3 is 2.88 bits per heavy atom. The molecule has 130 valence electrons. The number of aromatic nitrogens is 1.